The zero-order chi connectivity index (χ0) is 9.84. The van der Waals surface area contributed by atoms with E-state index in [1.807, 2.05) is 0 Å². The largest absolute Gasteiger partial charge is 0.324 e. The van der Waals surface area contributed by atoms with Crippen molar-refractivity contribution >= 4 is 15.9 Å². The van der Waals surface area contributed by atoms with E-state index in [2.05, 4.69) is 15.9 Å². The molecule has 0 bridgehead atoms. The third kappa shape index (κ3) is 2.48. The van der Waals surface area contributed by atoms with Crippen molar-refractivity contribution in [2.75, 3.05) is 6.67 Å². The summed E-state index contributed by atoms with van der Waals surface area (Å²) in [4.78, 5) is 0. The summed E-state index contributed by atoms with van der Waals surface area (Å²) in [5.74, 6) is -0.400. The van der Waals surface area contributed by atoms with Crippen LogP contribution in [0.15, 0.2) is 22.7 Å². The lowest BCUT2D eigenvalue weighted by molar-refractivity contribution is 0.434. The van der Waals surface area contributed by atoms with E-state index in [1.165, 1.54) is 0 Å². The fraction of sp³-hybridized carbons (Fsp3) is 0.333. The molecule has 0 aliphatic carbocycles. The van der Waals surface area contributed by atoms with Gasteiger partial charge in [-0.1, -0.05) is 12.1 Å². The van der Waals surface area contributed by atoms with E-state index >= 15 is 0 Å². The van der Waals surface area contributed by atoms with E-state index in [4.69, 9.17) is 5.73 Å². The molecule has 0 unspecified atom stereocenters. The Balaban J connectivity index is 2.93. The molecule has 0 saturated carbocycles. The van der Waals surface area contributed by atoms with Crippen LogP contribution in [0.3, 0.4) is 0 Å². The minimum Gasteiger partial charge on any atom is -0.324 e. The summed E-state index contributed by atoms with van der Waals surface area (Å²) in [6.45, 7) is -0.535. The minimum absolute atomic E-state index is 0.146. The molecule has 1 nitrogen and oxygen atoms in total. The van der Waals surface area contributed by atoms with Crippen molar-refractivity contribution in [3.05, 3.63) is 34.1 Å². The molecule has 1 aromatic carbocycles. The summed E-state index contributed by atoms with van der Waals surface area (Å²) in [6, 6.07) is 4.27. The van der Waals surface area contributed by atoms with Gasteiger partial charge < -0.3 is 5.73 Å². The van der Waals surface area contributed by atoms with Crippen molar-refractivity contribution in [2.24, 2.45) is 5.73 Å². The maximum absolute atomic E-state index is 13.3. The average Bonchev–Trinajstić information content (AvgIpc) is 2.10. The van der Waals surface area contributed by atoms with E-state index < -0.39 is 18.5 Å². The zero-order valence-electron chi connectivity index (χ0n) is 6.93. The fourth-order valence-electron chi connectivity index (χ4n) is 1.08. The fourth-order valence-corrected chi connectivity index (χ4v) is 1.46. The number of hydrogen-bond donors (Lipinski definition) is 1. The minimum atomic E-state index is -0.567. The van der Waals surface area contributed by atoms with E-state index in [1.54, 1.807) is 18.2 Å². The summed E-state index contributed by atoms with van der Waals surface area (Å²) in [6.07, 6.45) is 0.146. The Hall–Kier alpha value is -0.480. The van der Waals surface area contributed by atoms with Crippen LogP contribution in [0, 0.1) is 5.82 Å². The molecule has 1 atom stereocenters. The number of rotatable bonds is 3. The molecule has 2 N–H and O–H groups in total. The lowest BCUT2D eigenvalue weighted by Crippen LogP contribution is -2.12. The van der Waals surface area contributed by atoms with Crippen LogP contribution >= 0.6 is 15.9 Å². The zero-order valence-corrected chi connectivity index (χ0v) is 8.52. The Bertz CT molecular complexity index is 291. The smallest absolute Gasteiger partial charge is 0.142 e. The van der Waals surface area contributed by atoms with Crippen molar-refractivity contribution in [1.82, 2.24) is 0 Å². The Morgan fingerprint density at radius 1 is 1.46 bits per heavy atom. The van der Waals surface area contributed by atoms with Gasteiger partial charge >= 0.3 is 0 Å². The van der Waals surface area contributed by atoms with Crippen LogP contribution in [0.4, 0.5) is 8.78 Å². The predicted octanol–water partition coefficient (Wildman–Crippen LogP) is 2.95. The van der Waals surface area contributed by atoms with Crippen LogP contribution < -0.4 is 5.73 Å². The van der Waals surface area contributed by atoms with Gasteiger partial charge in [-0.05, 0) is 28.4 Å². The number of alkyl halides is 1. The van der Waals surface area contributed by atoms with Crippen molar-refractivity contribution in [1.29, 1.82) is 0 Å². The van der Waals surface area contributed by atoms with E-state index in [0.717, 1.165) is 0 Å². The van der Waals surface area contributed by atoms with Crippen molar-refractivity contribution < 1.29 is 8.78 Å². The second-order valence-electron chi connectivity index (χ2n) is 2.73. The number of benzene rings is 1. The quantitative estimate of drug-likeness (QED) is 0.876. The summed E-state index contributed by atoms with van der Waals surface area (Å²) < 4.78 is 25.6. The molecule has 0 aliphatic heterocycles. The first-order valence-corrected chi connectivity index (χ1v) is 4.71. The normalized spacial score (nSPS) is 12.9. The number of hydrogen-bond acceptors (Lipinski definition) is 1. The van der Waals surface area contributed by atoms with E-state index in [-0.39, 0.29) is 6.42 Å². The summed E-state index contributed by atoms with van der Waals surface area (Å²) >= 11 is 3.04. The third-order valence-corrected chi connectivity index (χ3v) is 2.41. The second-order valence-corrected chi connectivity index (χ2v) is 3.58. The van der Waals surface area contributed by atoms with Gasteiger partial charge in [0, 0.05) is 11.6 Å². The lowest BCUT2D eigenvalue weighted by Gasteiger charge is -2.11. The molecule has 0 spiro atoms. The summed E-state index contributed by atoms with van der Waals surface area (Å²) in [5, 5.41) is 0. The van der Waals surface area contributed by atoms with Gasteiger partial charge in [0.1, 0.15) is 5.82 Å². The molecule has 0 fully saturated rings. The highest BCUT2D eigenvalue weighted by Gasteiger charge is 2.12. The lowest BCUT2D eigenvalue weighted by atomic mass is 10.1. The van der Waals surface area contributed by atoms with Gasteiger partial charge in [0.15, 0.2) is 0 Å². The maximum Gasteiger partial charge on any atom is 0.142 e. The molecular formula is C9H10BrF2N. The highest BCUT2D eigenvalue weighted by molar-refractivity contribution is 9.10. The molecule has 1 rings (SSSR count). The molecule has 1 aromatic rings. The first-order valence-electron chi connectivity index (χ1n) is 3.92. The highest BCUT2D eigenvalue weighted by Crippen LogP contribution is 2.24. The maximum atomic E-state index is 13.3. The molecule has 0 radical (unpaired) electrons. The standard InChI is InChI=1S/C9H10BrF2N/c10-7-3-1-2-6(9(7)12)8(13)4-5-11/h1-3,8H,4-5,13H2/t8-/m0/s1. The van der Waals surface area contributed by atoms with Gasteiger partial charge in [-0.15, -0.1) is 0 Å². The number of nitrogens with two attached hydrogens (primary N) is 1. The average molecular weight is 250 g/mol. The monoisotopic (exact) mass is 249 g/mol. The molecule has 0 heterocycles. The van der Waals surface area contributed by atoms with Gasteiger partial charge in [-0.25, -0.2) is 4.39 Å². The van der Waals surface area contributed by atoms with Crippen LogP contribution in [0.25, 0.3) is 0 Å². The molecular weight excluding hydrogens is 240 g/mol. The van der Waals surface area contributed by atoms with Gasteiger partial charge in [0.25, 0.3) is 0 Å². The molecule has 13 heavy (non-hydrogen) atoms. The molecule has 72 valence electrons. The van der Waals surface area contributed by atoms with Crippen LogP contribution in [0.5, 0.6) is 0 Å². The molecule has 0 saturated heterocycles. The second kappa shape index (κ2) is 4.67. The summed E-state index contributed by atoms with van der Waals surface area (Å²) in [5.41, 5.74) is 5.93. The van der Waals surface area contributed by atoms with Crippen molar-refractivity contribution in [3.8, 4) is 0 Å². The van der Waals surface area contributed by atoms with Gasteiger partial charge in [-0.2, -0.15) is 0 Å². The Kier molecular flexibility index (Phi) is 3.81. The Morgan fingerprint density at radius 3 is 2.77 bits per heavy atom. The first-order chi connectivity index (χ1) is 6.16. The van der Waals surface area contributed by atoms with E-state index in [9.17, 15) is 8.78 Å². The van der Waals surface area contributed by atoms with E-state index in [0.29, 0.717) is 10.0 Å². The predicted molar refractivity (Wildman–Crippen MR) is 51.6 cm³/mol. The van der Waals surface area contributed by atoms with Crippen LogP contribution in [0.1, 0.15) is 18.0 Å². The molecule has 0 aliphatic rings. The van der Waals surface area contributed by atoms with Gasteiger partial charge in [-0.3, -0.25) is 4.39 Å². The Morgan fingerprint density at radius 2 is 2.15 bits per heavy atom. The van der Waals surface area contributed by atoms with Crippen molar-refractivity contribution in [2.45, 2.75) is 12.5 Å². The number of halogens is 3. The molecule has 4 heteroatoms. The van der Waals surface area contributed by atoms with Gasteiger partial charge in [0.05, 0.1) is 11.1 Å². The third-order valence-electron chi connectivity index (χ3n) is 1.80. The van der Waals surface area contributed by atoms with Crippen LogP contribution in [0.2, 0.25) is 0 Å². The van der Waals surface area contributed by atoms with Gasteiger partial charge in [0.2, 0.25) is 0 Å². The summed E-state index contributed by atoms with van der Waals surface area (Å²) in [7, 11) is 0. The first kappa shape index (κ1) is 10.6. The topological polar surface area (TPSA) is 26.0 Å². The van der Waals surface area contributed by atoms with Crippen LogP contribution in [-0.4, -0.2) is 6.67 Å². The highest BCUT2D eigenvalue weighted by atomic mass is 79.9. The SMILES string of the molecule is N[C@@H](CCF)c1cccc(Br)c1F. The van der Waals surface area contributed by atoms with Crippen LogP contribution in [-0.2, 0) is 0 Å². The molecule has 0 aromatic heterocycles. The Labute approximate surface area is 84.1 Å². The molecule has 0 amide bonds. The van der Waals surface area contributed by atoms with Crippen molar-refractivity contribution in [3.63, 3.8) is 0 Å².